The number of sulfonamides is 1. The first-order valence-electron chi connectivity index (χ1n) is 12.1. The van der Waals surface area contributed by atoms with Crippen molar-refractivity contribution in [1.29, 1.82) is 0 Å². The van der Waals surface area contributed by atoms with Crippen LogP contribution >= 0.6 is 0 Å². The normalized spacial score (nSPS) is 15.1. The Morgan fingerprint density at radius 1 is 1.03 bits per heavy atom. The van der Waals surface area contributed by atoms with Crippen molar-refractivity contribution in [2.75, 3.05) is 37.5 Å². The first-order chi connectivity index (χ1) is 17.0. The van der Waals surface area contributed by atoms with Crippen LogP contribution in [-0.2, 0) is 14.8 Å². The number of likely N-dealkylation sites (N-methyl/N-ethyl adjacent to an activating group) is 1. The van der Waals surface area contributed by atoms with Gasteiger partial charge in [0, 0.05) is 25.7 Å². The predicted octanol–water partition coefficient (Wildman–Crippen LogP) is 3.69. The molecule has 1 saturated heterocycles. The maximum atomic E-state index is 13.5. The topological polar surface area (TPSA) is 98.2 Å². The molecule has 1 heterocycles. The number of hydrogen-bond donors (Lipinski definition) is 1. The van der Waals surface area contributed by atoms with Gasteiger partial charge < -0.3 is 14.9 Å². The van der Waals surface area contributed by atoms with Gasteiger partial charge in [-0.1, -0.05) is 13.8 Å². The largest absolute Gasteiger partial charge is 0.480 e. The lowest BCUT2D eigenvalue weighted by atomic mass is 10.0. The van der Waals surface area contributed by atoms with Crippen molar-refractivity contribution in [1.82, 2.24) is 9.80 Å². The molecule has 0 aromatic heterocycles. The molecular formula is C26H34FN3O5S. The summed E-state index contributed by atoms with van der Waals surface area (Å²) in [7, 11) is -2.53. The molecule has 2 aromatic carbocycles. The Morgan fingerprint density at radius 2 is 1.61 bits per heavy atom. The van der Waals surface area contributed by atoms with Gasteiger partial charge in [-0.2, -0.15) is 0 Å². The van der Waals surface area contributed by atoms with Crippen molar-refractivity contribution in [3.63, 3.8) is 0 Å². The first kappa shape index (κ1) is 27.6. The van der Waals surface area contributed by atoms with E-state index in [1.165, 1.54) is 40.5 Å². The highest BCUT2D eigenvalue weighted by Crippen LogP contribution is 2.25. The number of carboxylic acid groups (broad SMARTS) is 1. The van der Waals surface area contributed by atoms with Gasteiger partial charge in [-0.25, -0.2) is 17.6 Å². The molecule has 1 amide bonds. The second-order valence-electron chi connectivity index (χ2n) is 9.53. The van der Waals surface area contributed by atoms with Crippen LogP contribution in [0.1, 0.15) is 43.5 Å². The number of nitrogens with zero attached hydrogens (tertiary/aromatic N) is 3. The van der Waals surface area contributed by atoms with Gasteiger partial charge in [-0.05, 0) is 86.8 Å². The molecule has 1 fully saturated rings. The monoisotopic (exact) mass is 519 g/mol. The fourth-order valence-corrected chi connectivity index (χ4v) is 5.80. The van der Waals surface area contributed by atoms with E-state index in [-0.39, 0.29) is 22.9 Å². The third-order valence-electron chi connectivity index (χ3n) is 6.39. The molecule has 10 heteroatoms. The van der Waals surface area contributed by atoms with Crippen LogP contribution in [0.2, 0.25) is 0 Å². The summed E-state index contributed by atoms with van der Waals surface area (Å²) >= 11 is 0. The Labute approximate surface area is 212 Å². The number of aliphatic carboxylic acids is 1. The fraction of sp³-hybridized carbons (Fsp3) is 0.462. The number of hydrogen-bond acceptors (Lipinski definition) is 5. The van der Waals surface area contributed by atoms with E-state index < -0.39 is 33.8 Å². The number of anilines is 1. The molecule has 36 heavy (non-hydrogen) atoms. The summed E-state index contributed by atoms with van der Waals surface area (Å²) in [5.74, 6) is -1.97. The number of carboxylic acids is 1. The van der Waals surface area contributed by atoms with Crippen LogP contribution in [0, 0.1) is 11.7 Å². The molecular weight excluding hydrogens is 485 g/mol. The van der Waals surface area contributed by atoms with E-state index in [1.54, 1.807) is 12.1 Å². The molecule has 2 aromatic rings. The van der Waals surface area contributed by atoms with E-state index in [2.05, 4.69) is 4.90 Å². The van der Waals surface area contributed by atoms with Crippen LogP contribution in [0.15, 0.2) is 53.4 Å². The fourth-order valence-electron chi connectivity index (χ4n) is 4.35. The quantitative estimate of drug-likeness (QED) is 0.486. The summed E-state index contributed by atoms with van der Waals surface area (Å²) in [5.41, 5.74) is 0.629. The Morgan fingerprint density at radius 3 is 2.14 bits per heavy atom. The van der Waals surface area contributed by atoms with Gasteiger partial charge in [-0.3, -0.25) is 9.10 Å². The standard InChI is InChI=1S/C26H34FN3O5S/c1-19(2)18-24(26(32)33)28(3)25(31)20-6-10-22(11-7-20)30(17-16-29-14-4-5-15-29)36(34,35)23-12-8-21(27)9-13-23/h6-13,19,24H,4-5,14-18H2,1-3H3,(H,32,33)/t24-/m0/s1. The number of benzene rings is 2. The first-order valence-corrected chi connectivity index (χ1v) is 13.6. The highest BCUT2D eigenvalue weighted by atomic mass is 32.2. The van der Waals surface area contributed by atoms with Gasteiger partial charge >= 0.3 is 5.97 Å². The van der Waals surface area contributed by atoms with Crippen LogP contribution in [-0.4, -0.2) is 74.5 Å². The minimum absolute atomic E-state index is 0.0248. The molecule has 1 aliphatic rings. The summed E-state index contributed by atoms with van der Waals surface area (Å²) in [6.45, 7) is 6.33. The number of carbonyl (C=O) groups is 2. The van der Waals surface area contributed by atoms with Crippen molar-refractivity contribution in [3.05, 3.63) is 59.9 Å². The molecule has 0 bridgehead atoms. The molecule has 8 nitrogen and oxygen atoms in total. The van der Waals surface area contributed by atoms with Gasteiger partial charge in [0.25, 0.3) is 15.9 Å². The molecule has 1 atom stereocenters. The van der Waals surface area contributed by atoms with Crippen LogP contribution < -0.4 is 4.31 Å². The zero-order valence-corrected chi connectivity index (χ0v) is 21.7. The van der Waals surface area contributed by atoms with E-state index in [4.69, 9.17) is 0 Å². The van der Waals surface area contributed by atoms with Crippen molar-refractivity contribution in [2.24, 2.45) is 5.92 Å². The van der Waals surface area contributed by atoms with Crippen LogP contribution in [0.25, 0.3) is 0 Å². The highest BCUT2D eigenvalue weighted by molar-refractivity contribution is 7.92. The molecule has 3 rings (SSSR count). The van der Waals surface area contributed by atoms with E-state index in [0.29, 0.717) is 18.7 Å². The van der Waals surface area contributed by atoms with Gasteiger partial charge in [0.05, 0.1) is 10.6 Å². The van der Waals surface area contributed by atoms with Crippen molar-refractivity contribution in [2.45, 2.75) is 44.0 Å². The zero-order chi connectivity index (χ0) is 26.5. The number of carbonyl (C=O) groups excluding carboxylic acids is 1. The molecule has 1 N–H and O–H groups in total. The van der Waals surface area contributed by atoms with Gasteiger partial charge in [0.15, 0.2) is 0 Å². The maximum absolute atomic E-state index is 13.5. The number of amides is 1. The Kier molecular flexibility index (Phi) is 9.08. The SMILES string of the molecule is CC(C)C[C@@H](C(=O)O)N(C)C(=O)c1ccc(N(CCN2CCCC2)S(=O)(=O)c2ccc(F)cc2)cc1. The average Bonchev–Trinajstić information content (AvgIpc) is 3.36. The van der Waals surface area contributed by atoms with E-state index >= 15 is 0 Å². The van der Waals surface area contributed by atoms with E-state index in [1.807, 2.05) is 13.8 Å². The van der Waals surface area contributed by atoms with Gasteiger partial charge in [0.1, 0.15) is 11.9 Å². The Hall–Kier alpha value is -2.98. The second-order valence-corrected chi connectivity index (χ2v) is 11.4. The second kappa shape index (κ2) is 11.8. The predicted molar refractivity (Wildman–Crippen MR) is 136 cm³/mol. The lowest BCUT2D eigenvalue weighted by Gasteiger charge is -2.28. The number of rotatable bonds is 11. The van der Waals surface area contributed by atoms with E-state index in [9.17, 15) is 27.5 Å². The maximum Gasteiger partial charge on any atom is 0.326 e. The minimum Gasteiger partial charge on any atom is -0.480 e. The summed E-state index contributed by atoms with van der Waals surface area (Å²) in [4.78, 5) is 28.1. The van der Waals surface area contributed by atoms with Crippen LogP contribution in [0.5, 0.6) is 0 Å². The smallest absolute Gasteiger partial charge is 0.326 e. The molecule has 0 aliphatic carbocycles. The van der Waals surface area contributed by atoms with Crippen LogP contribution in [0.4, 0.5) is 10.1 Å². The van der Waals surface area contributed by atoms with Crippen molar-refractivity contribution in [3.8, 4) is 0 Å². The zero-order valence-electron chi connectivity index (χ0n) is 20.9. The number of halogens is 1. The van der Waals surface area contributed by atoms with Crippen LogP contribution in [0.3, 0.4) is 0 Å². The molecule has 0 radical (unpaired) electrons. The lowest BCUT2D eigenvalue weighted by molar-refractivity contribution is -0.142. The Bertz CT molecular complexity index is 1150. The molecule has 0 spiro atoms. The molecule has 196 valence electrons. The molecule has 0 saturated carbocycles. The Balaban J connectivity index is 1.87. The van der Waals surface area contributed by atoms with Gasteiger partial charge in [0.2, 0.25) is 0 Å². The van der Waals surface area contributed by atoms with Crippen molar-refractivity contribution >= 4 is 27.6 Å². The van der Waals surface area contributed by atoms with E-state index in [0.717, 1.165) is 38.1 Å². The number of likely N-dealkylation sites (tertiary alicyclic amines) is 1. The average molecular weight is 520 g/mol. The molecule has 1 aliphatic heterocycles. The summed E-state index contributed by atoms with van der Waals surface area (Å²) in [5, 5.41) is 9.57. The summed E-state index contributed by atoms with van der Waals surface area (Å²) in [6, 6.07) is 9.83. The molecule has 0 unspecified atom stereocenters. The minimum atomic E-state index is -3.98. The van der Waals surface area contributed by atoms with Crippen molar-refractivity contribution < 1.29 is 27.5 Å². The lowest BCUT2D eigenvalue weighted by Crippen LogP contribution is -2.43. The third-order valence-corrected chi connectivity index (χ3v) is 8.23. The summed E-state index contributed by atoms with van der Waals surface area (Å²) < 4.78 is 41.7. The van der Waals surface area contributed by atoms with Gasteiger partial charge in [-0.15, -0.1) is 0 Å². The highest BCUT2D eigenvalue weighted by Gasteiger charge is 2.29. The summed E-state index contributed by atoms with van der Waals surface area (Å²) in [6.07, 6.45) is 2.46. The third kappa shape index (κ3) is 6.61.